The summed E-state index contributed by atoms with van der Waals surface area (Å²) in [6.07, 6.45) is 0. The fourth-order valence-electron chi connectivity index (χ4n) is 2.33. The molecule has 0 radical (unpaired) electrons. The average Bonchev–Trinajstić information content (AvgIpc) is 2.58. The topological polar surface area (TPSA) is 36.9 Å². The number of hydrogen-bond acceptors (Lipinski definition) is 4. The van der Waals surface area contributed by atoms with E-state index in [1.54, 1.807) is 14.2 Å². The van der Waals surface area contributed by atoms with Gasteiger partial charge in [-0.15, -0.1) is 9.24 Å². The van der Waals surface area contributed by atoms with E-state index in [0.29, 0.717) is 11.5 Å². The summed E-state index contributed by atoms with van der Waals surface area (Å²) in [5.74, 6) is 1.42. The maximum absolute atomic E-state index is 5.80. The molecule has 1 atom stereocenters. The monoisotopic (exact) mass is 632 g/mol. The smallest absolute Gasteiger partial charge is 0.188 e. The molecule has 0 saturated heterocycles. The van der Waals surface area contributed by atoms with Crippen molar-refractivity contribution in [2.24, 2.45) is 0 Å². The second-order valence-corrected chi connectivity index (χ2v) is 9.40. The van der Waals surface area contributed by atoms with Crippen LogP contribution in [0.3, 0.4) is 0 Å². The Hall–Kier alpha value is 0.310. The fourth-order valence-corrected chi connectivity index (χ4v) is 5.57. The van der Waals surface area contributed by atoms with Gasteiger partial charge in [-0.3, -0.25) is 0 Å². The lowest BCUT2D eigenvalue weighted by Gasteiger charge is -2.22. The third-order valence-corrected chi connectivity index (χ3v) is 6.20. The van der Waals surface area contributed by atoms with Crippen LogP contribution in [0.4, 0.5) is 0 Å². The van der Waals surface area contributed by atoms with Crippen molar-refractivity contribution in [3.05, 3.63) is 53.3 Å². The fraction of sp³-hybridized carbons (Fsp3) is 0.294. The van der Waals surface area contributed by atoms with Crippen LogP contribution in [-0.2, 0) is 9.47 Å². The predicted molar refractivity (Wildman–Crippen MR) is 120 cm³/mol. The molecule has 9 heteroatoms. The minimum Gasteiger partial charge on any atom is -0.466 e. The van der Waals surface area contributed by atoms with Crippen LogP contribution < -0.4 is 9.47 Å². The van der Waals surface area contributed by atoms with Gasteiger partial charge in [0.25, 0.3) is 0 Å². The summed E-state index contributed by atoms with van der Waals surface area (Å²) in [7, 11) is 6.03. The van der Waals surface area contributed by atoms with Crippen LogP contribution in [0.5, 0.6) is 11.5 Å². The van der Waals surface area contributed by atoms with Gasteiger partial charge in [-0.1, -0.05) is 31.9 Å². The minimum atomic E-state index is -0.101. The summed E-state index contributed by atoms with van der Waals surface area (Å²) in [6.45, 7) is 0.305. The Balaban J connectivity index is 2.56. The van der Waals surface area contributed by atoms with Crippen LogP contribution in [-0.4, -0.2) is 27.8 Å². The number of rotatable bonds is 8. The summed E-state index contributed by atoms with van der Waals surface area (Å²) in [4.78, 5) is 0. The zero-order chi connectivity index (χ0) is 19.3. The van der Waals surface area contributed by atoms with Gasteiger partial charge >= 0.3 is 0 Å². The second kappa shape index (κ2) is 10.7. The third-order valence-electron chi connectivity index (χ3n) is 3.39. The Bertz CT molecular complexity index is 709. The predicted octanol–water partition coefficient (Wildman–Crippen LogP) is 6.67. The van der Waals surface area contributed by atoms with Gasteiger partial charge in [0.15, 0.2) is 13.6 Å². The molecule has 0 aliphatic heterocycles. The van der Waals surface area contributed by atoms with Crippen molar-refractivity contribution >= 4 is 73.0 Å². The van der Waals surface area contributed by atoms with E-state index in [0.717, 1.165) is 29.0 Å². The zero-order valence-electron chi connectivity index (χ0n) is 14.0. The van der Waals surface area contributed by atoms with Crippen LogP contribution in [0.2, 0.25) is 0 Å². The lowest BCUT2D eigenvalue weighted by atomic mass is 10.0. The van der Waals surface area contributed by atoms with E-state index < -0.39 is 0 Å². The standard InChI is InChI=1S/C17H17Br4O4P/c1-22-7-24-15-11(3-9(18)5-13(15)20)17(26)12-4-10(19)6-14(21)16(12)25-8-23-2/h3-6,17H,7-8,26H2,1-2H3. The Morgan fingerprint density at radius 1 is 0.769 bits per heavy atom. The molecule has 0 N–H and O–H groups in total. The van der Waals surface area contributed by atoms with Gasteiger partial charge in [0.1, 0.15) is 11.5 Å². The molecule has 0 aliphatic carbocycles. The number of halogens is 4. The maximum Gasteiger partial charge on any atom is 0.188 e. The van der Waals surface area contributed by atoms with Gasteiger partial charge in [-0.2, -0.15) is 0 Å². The second-order valence-electron chi connectivity index (χ2n) is 5.19. The largest absolute Gasteiger partial charge is 0.466 e. The first-order chi connectivity index (χ1) is 12.4. The molecule has 2 aromatic carbocycles. The summed E-state index contributed by atoms with van der Waals surface area (Å²) in [6, 6.07) is 7.90. The first-order valence-corrected chi connectivity index (χ1v) is 11.2. The summed E-state index contributed by atoms with van der Waals surface area (Å²) < 4.78 is 25.3. The van der Waals surface area contributed by atoms with Crippen LogP contribution in [0.1, 0.15) is 16.8 Å². The molecule has 0 heterocycles. The highest BCUT2D eigenvalue weighted by Crippen LogP contribution is 2.47. The SMILES string of the molecule is COCOc1c(Br)cc(Br)cc1C(P)c1cc(Br)cc(Br)c1OCOC. The van der Waals surface area contributed by atoms with Crippen LogP contribution in [0.25, 0.3) is 0 Å². The Morgan fingerprint density at radius 2 is 1.15 bits per heavy atom. The number of ether oxygens (including phenoxy) is 4. The van der Waals surface area contributed by atoms with E-state index in [1.807, 2.05) is 24.3 Å². The molecule has 26 heavy (non-hydrogen) atoms. The van der Waals surface area contributed by atoms with Crippen molar-refractivity contribution in [1.29, 1.82) is 0 Å². The van der Waals surface area contributed by atoms with Crippen molar-refractivity contribution in [1.82, 2.24) is 0 Å². The van der Waals surface area contributed by atoms with E-state index in [1.165, 1.54) is 0 Å². The zero-order valence-corrected chi connectivity index (χ0v) is 21.5. The number of hydrogen-bond donors (Lipinski definition) is 0. The van der Waals surface area contributed by atoms with Crippen molar-refractivity contribution < 1.29 is 18.9 Å². The van der Waals surface area contributed by atoms with E-state index in [2.05, 4.69) is 73.0 Å². The summed E-state index contributed by atoms with van der Waals surface area (Å²) in [5.41, 5.74) is 1.82. The quantitative estimate of drug-likeness (QED) is 0.240. The highest BCUT2D eigenvalue weighted by molar-refractivity contribution is 9.11. The third kappa shape index (κ3) is 5.66. The first-order valence-electron chi connectivity index (χ1n) is 7.36. The normalized spacial score (nSPS) is 11.1. The minimum absolute atomic E-state index is 0.101. The average molecular weight is 636 g/mol. The molecule has 4 nitrogen and oxygen atoms in total. The molecule has 0 bridgehead atoms. The summed E-state index contributed by atoms with van der Waals surface area (Å²) >= 11 is 14.2. The molecule has 0 fully saturated rings. The van der Waals surface area contributed by atoms with Crippen LogP contribution in [0.15, 0.2) is 42.2 Å². The Kier molecular flexibility index (Phi) is 9.34. The number of benzene rings is 2. The summed E-state index contributed by atoms with van der Waals surface area (Å²) in [5, 5.41) is 0. The maximum atomic E-state index is 5.80. The van der Waals surface area contributed by atoms with Crippen LogP contribution >= 0.6 is 73.0 Å². The molecular weight excluding hydrogens is 619 g/mol. The van der Waals surface area contributed by atoms with Crippen molar-refractivity contribution in [3.8, 4) is 11.5 Å². The molecule has 0 spiro atoms. The Labute approximate surface area is 189 Å². The molecule has 2 aromatic rings. The van der Waals surface area contributed by atoms with Crippen molar-refractivity contribution in [2.75, 3.05) is 27.8 Å². The van der Waals surface area contributed by atoms with E-state index in [9.17, 15) is 0 Å². The lowest BCUT2D eigenvalue weighted by Crippen LogP contribution is -2.07. The molecular formula is C17H17Br4O4P. The van der Waals surface area contributed by atoms with E-state index in [4.69, 9.17) is 18.9 Å². The van der Waals surface area contributed by atoms with Crippen molar-refractivity contribution in [2.45, 2.75) is 5.66 Å². The van der Waals surface area contributed by atoms with Gasteiger partial charge in [-0.05, 0) is 56.1 Å². The molecule has 0 aliphatic rings. The molecule has 0 amide bonds. The number of methoxy groups -OCH3 is 2. The first kappa shape index (κ1) is 22.6. The van der Waals surface area contributed by atoms with Crippen molar-refractivity contribution in [3.63, 3.8) is 0 Å². The van der Waals surface area contributed by atoms with Gasteiger partial charge < -0.3 is 18.9 Å². The van der Waals surface area contributed by atoms with Crippen LogP contribution in [0, 0.1) is 0 Å². The highest BCUT2D eigenvalue weighted by Gasteiger charge is 2.23. The molecule has 0 saturated carbocycles. The molecule has 2 rings (SSSR count). The lowest BCUT2D eigenvalue weighted by molar-refractivity contribution is 0.0491. The van der Waals surface area contributed by atoms with Gasteiger partial charge in [0, 0.05) is 40.0 Å². The molecule has 0 aromatic heterocycles. The van der Waals surface area contributed by atoms with E-state index >= 15 is 0 Å². The van der Waals surface area contributed by atoms with Gasteiger partial charge in [-0.25, -0.2) is 0 Å². The Morgan fingerprint density at radius 3 is 1.50 bits per heavy atom. The van der Waals surface area contributed by atoms with Gasteiger partial charge in [0.2, 0.25) is 0 Å². The highest BCUT2D eigenvalue weighted by atomic mass is 79.9. The van der Waals surface area contributed by atoms with Gasteiger partial charge in [0.05, 0.1) is 8.95 Å². The molecule has 142 valence electrons. The molecule has 1 unspecified atom stereocenters. The van der Waals surface area contributed by atoms with E-state index in [-0.39, 0.29) is 19.2 Å².